The van der Waals surface area contributed by atoms with Crippen molar-refractivity contribution in [3.63, 3.8) is 0 Å². The second-order valence-corrected chi connectivity index (χ2v) is 3.58. The zero-order valence-electron chi connectivity index (χ0n) is 9.13. The third-order valence-electron chi connectivity index (χ3n) is 2.53. The van der Waals surface area contributed by atoms with Gasteiger partial charge in [-0.1, -0.05) is 54.6 Å². The smallest absolute Gasteiger partial charge is 0.180 e. The van der Waals surface area contributed by atoms with Gasteiger partial charge in [0.05, 0.1) is 0 Å². The molecule has 0 bridgehead atoms. The van der Waals surface area contributed by atoms with E-state index in [9.17, 15) is 5.11 Å². The van der Waals surface area contributed by atoms with E-state index in [0.29, 0.717) is 0 Å². The van der Waals surface area contributed by atoms with Crippen LogP contribution in [0.1, 0.15) is 11.9 Å². The molecule has 1 N–H and O–H groups in total. The molecule has 16 heavy (non-hydrogen) atoms. The summed E-state index contributed by atoms with van der Waals surface area (Å²) in [4.78, 5) is 0. The first-order valence-corrected chi connectivity index (χ1v) is 5.17. The van der Waals surface area contributed by atoms with Crippen molar-refractivity contribution in [3.8, 4) is 11.1 Å². The van der Waals surface area contributed by atoms with Crippen molar-refractivity contribution >= 4 is 0 Å². The lowest BCUT2D eigenvalue weighted by Gasteiger charge is -2.09. The highest BCUT2D eigenvalue weighted by Crippen LogP contribution is 2.21. The molecule has 0 heterocycles. The average molecular weight is 214 g/mol. The van der Waals surface area contributed by atoms with Gasteiger partial charge in [-0.25, -0.2) is 0 Å². The van der Waals surface area contributed by atoms with Crippen LogP contribution in [0.5, 0.6) is 0 Å². The van der Waals surface area contributed by atoms with Gasteiger partial charge in [-0.05, 0) is 11.1 Å². The normalized spacial score (nSPS) is 12.4. The second kappa shape index (κ2) is 4.92. The highest BCUT2D eigenvalue weighted by molar-refractivity contribution is 5.63. The Kier molecular flexibility index (Phi) is 3.34. The van der Waals surface area contributed by atoms with Crippen LogP contribution in [0, 0.1) is 0 Å². The maximum absolute atomic E-state index is 9.47. The molecular formula is C14H14O2. The number of benzene rings is 2. The van der Waals surface area contributed by atoms with E-state index in [1.165, 1.54) is 12.7 Å². The number of methoxy groups -OCH3 is 1. The van der Waals surface area contributed by atoms with Crippen LogP contribution >= 0.6 is 0 Å². The Hall–Kier alpha value is -1.64. The molecule has 0 saturated carbocycles. The van der Waals surface area contributed by atoms with Gasteiger partial charge in [0, 0.05) is 12.7 Å². The van der Waals surface area contributed by atoms with Gasteiger partial charge in [-0.15, -0.1) is 0 Å². The third kappa shape index (κ3) is 2.30. The van der Waals surface area contributed by atoms with Crippen LogP contribution in [0.25, 0.3) is 11.1 Å². The summed E-state index contributed by atoms with van der Waals surface area (Å²) in [6, 6.07) is 17.8. The lowest BCUT2D eigenvalue weighted by molar-refractivity contribution is -0.0769. The number of ether oxygens (including phenoxy) is 1. The van der Waals surface area contributed by atoms with E-state index in [1.807, 2.05) is 42.5 Å². The summed E-state index contributed by atoms with van der Waals surface area (Å²) in [5, 5.41) is 9.47. The lowest BCUT2D eigenvalue weighted by atomic mass is 10.0. The monoisotopic (exact) mass is 214 g/mol. The van der Waals surface area contributed by atoms with Crippen molar-refractivity contribution in [1.29, 1.82) is 0 Å². The Balaban J connectivity index is 2.26. The zero-order valence-corrected chi connectivity index (χ0v) is 9.13. The van der Waals surface area contributed by atoms with Gasteiger partial charge in [0.1, 0.15) is 0 Å². The fraction of sp³-hybridized carbons (Fsp3) is 0.143. The summed E-state index contributed by atoms with van der Waals surface area (Å²) in [7, 11) is 1.48. The summed E-state index contributed by atoms with van der Waals surface area (Å²) in [5.74, 6) is 0. The summed E-state index contributed by atoms with van der Waals surface area (Å²) < 4.78 is 4.84. The fourth-order valence-electron chi connectivity index (χ4n) is 1.61. The molecule has 2 aromatic rings. The molecule has 1 atom stereocenters. The minimum absolute atomic E-state index is 0.766. The van der Waals surface area contributed by atoms with E-state index < -0.39 is 6.29 Å². The average Bonchev–Trinajstić information content (AvgIpc) is 2.39. The summed E-state index contributed by atoms with van der Waals surface area (Å²) in [5.41, 5.74) is 3.07. The van der Waals surface area contributed by atoms with Crippen LogP contribution in [0.4, 0.5) is 0 Å². The van der Waals surface area contributed by atoms with Crippen molar-refractivity contribution < 1.29 is 9.84 Å². The molecule has 0 aliphatic rings. The van der Waals surface area contributed by atoms with Crippen molar-refractivity contribution in [2.75, 3.05) is 7.11 Å². The van der Waals surface area contributed by atoms with Crippen LogP contribution in [-0.2, 0) is 4.74 Å². The van der Waals surface area contributed by atoms with Gasteiger partial charge in [0.2, 0.25) is 0 Å². The first-order chi connectivity index (χ1) is 7.81. The Morgan fingerprint density at radius 3 is 2.00 bits per heavy atom. The Morgan fingerprint density at radius 2 is 1.44 bits per heavy atom. The SMILES string of the molecule is COC(O)c1ccc(-c2ccccc2)cc1. The van der Waals surface area contributed by atoms with Crippen LogP contribution in [0.15, 0.2) is 54.6 Å². The molecule has 2 aromatic carbocycles. The van der Waals surface area contributed by atoms with Gasteiger partial charge in [0.25, 0.3) is 0 Å². The molecule has 2 nitrogen and oxygen atoms in total. The van der Waals surface area contributed by atoms with E-state index in [2.05, 4.69) is 12.1 Å². The molecule has 0 amide bonds. The van der Waals surface area contributed by atoms with Gasteiger partial charge < -0.3 is 9.84 Å². The van der Waals surface area contributed by atoms with E-state index in [4.69, 9.17) is 4.74 Å². The van der Waals surface area contributed by atoms with Crippen LogP contribution in [0.2, 0.25) is 0 Å². The van der Waals surface area contributed by atoms with Crippen LogP contribution in [0.3, 0.4) is 0 Å². The zero-order chi connectivity index (χ0) is 11.4. The van der Waals surface area contributed by atoms with E-state index in [1.54, 1.807) is 0 Å². The van der Waals surface area contributed by atoms with Crippen molar-refractivity contribution in [1.82, 2.24) is 0 Å². The molecule has 0 aliphatic heterocycles. The summed E-state index contributed by atoms with van der Waals surface area (Å²) >= 11 is 0. The third-order valence-corrected chi connectivity index (χ3v) is 2.53. The lowest BCUT2D eigenvalue weighted by Crippen LogP contribution is -1.98. The number of hydrogen-bond donors (Lipinski definition) is 1. The molecule has 0 aromatic heterocycles. The minimum Gasteiger partial charge on any atom is -0.364 e. The molecule has 82 valence electrons. The van der Waals surface area contributed by atoms with Gasteiger partial charge in [-0.3, -0.25) is 0 Å². The molecule has 2 rings (SSSR count). The standard InChI is InChI=1S/C14H14O2/c1-16-14(15)13-9-7-12(8-10-13)11-5-3-2-4-6-11/h2-10,14-15H,1H3. The first kappa shape index (κ1) is 10.9. The van der Waals surface area contributed by atoms with Gasteiger partial charge in [0.15, 0.2) is 6.29 Å². The Bertz CT molecular complexity index is 434. The number of aliphatic hydroxyl groups excluding tert-OH is 1. The fourth-order valence-corrected chi connectivity index (χ4v) is 1.61. The number of hydrogen-bond acceptors (Lipinski definition) is 2. The molecule has 0 spiro atoms. The van der Waals surface area contributed by atoms with E-state index in [-0.39, 0.29) is 0 Å². The largest absolute Gasteiger partial charge is 0.364 e. The predicted molar refractivity (Wildman–Crippen MR) is 63.8 cm³/mol. The minimum atomic E-state index is -0.843. The van der Waals surface area contributed by atoms with Crippen molar-refractivity contribution in [2.45, 2.75) is 6.29 Å². The predicted octanol–water partition coefficient (Wildman–Crippen LogP) is 2.99. The number of aliphatic hydroxyl groups is 1. The summed E-state index contributed by atoms with van der Waals surface area (Å²) in [6.07, 6.45) is -0.843. The van der Waals surface area contributed by atoms with Gasteiger partial charge >= 0.3 is 0 Å². The molecule has 0 saturated heterocycles. The molecule has 0 fully saturated rings. The van der Waals surface area contributed by atoms with E-state index >= 15 is 0 Å². The van der Waals surface area contributed by atoms with Crippen LogP contribution < -0.4 is 0 Å². The second-order valence-electron chi connectivity index (χ2n) is 3.58. The maximum atomic E-state index is 9.47. The van der Waals surface area contributed by atoms with Crippen LogP contribution in [-0.4, -0.2) is 12.2 Å². The Labute approximate surface area is 95.1 Å². The molecule has 0 aliphatic carbocycles. The highest BCUT2D eigenvalue weighted by atomic mass is 16.6. The summed E-state index contributed by atoms with van der Waals surface area (Å²) in [6.45, 7) is 0. The van der Waals surface area contributed by atoms with E-state index in [0.717, 1.165) is 11.1 Å². The van der Waals surface area contributed by atoms with Crippen molar-refractivity contribution in [2.24, 2.45) is 0 Å². The topological polar surface area (TPSA) is 29.5 Å². The molecular weight excluding hydrogens is 200 g/mol. The molecule has 0 radical (unpaired) electrons. The number of rotatable bonds is 3. The molecule has 2 heteroatoms. The first-order valence-electron chi connectivity index (χ1n) is 5.17. The van der Waals surface area contributed by atoms with Crippen molar-refractivity contribution in [3.05, 3.63) is 60.2 Å². The van der Waals surface area contributed by atoms with Gasteiger partial charge in [-0.2, -0.15) is 0 Å². The Morgan fingerprint density at radius 1 is 0.875 bits per heavy atom. The highest BCUT2D eigenvalue weighted by Gasteiger charge is 2.04. The maximum Gasteiger partial charge on any atom is 0.180 e. The quantitative estimate of drug-likeness (QED) is 0.796. The molecule has 1 unspecified atom stereocenters.